The lowest BCUT2D eigenvalue weighted by atomic mass is 10.0. The smallest absolute Gasteiger partial charge is 0.331 e. The monoisotopic (exact) mass is 325 g/mol. The Morgan fingerprint density at radius 3 is 2.36 bits per heavy atom. The summed E-state index contributed by atoms with van der Waals surface area (Å²) in [7, 11) is 1.40. The van der Waals surface area contributed by atoms with Gasteiger partial charge in [-0.25, -0.2) is 4.79 Å². The van der Waals surface area contributed by atoms with Crippen LogP contribution in [0.15, 0.2) is 29.2 Å². The molecule has 0 fully saturated rings. The van der Waals surface area contributed by atoms with Crippen LogP contribution in [0.5, 0.6) is 0 Å². The van der Waals surface area contributed by atoms with Crippen molar-refractivity contribution in [1.82, 2.24) is 5.32 Å². The predicted octanol–water partition coefficient (Wildman–Crippen LogP) is 2.51. The third-order valence-electron chi connectivity index (χ3n) is 3.24. The molecule has 0 heterocycles. The van der Waals surface area contributed by atoms with Crippen LogP contribution in [0, 0.1) is 0 Å². The number of carbonyl (C=O) groups excluding carboxylic acids is 1. The van der Waals surface area contributed by atoms with E-state index in [4.69, 9.17) is 4.74 Å². The molecule has 1 aromatic rings. The largest absolute Gasteiger partial charge is 0.479 e. The molecule has 22 heavy (non-hydrogen) atoms. The first-order valence-corrected chi connectivity index (χ1v) is 8.03. The van der Waals surface area contributed by atoms with Crippen molar-refractivity contribution < 1.29 is 19.4 Å². The summed E-state index contributed by atoms with van der Waals surface area (Å²) in [6.07, 6.45) is 0. The molecule has 0 aromatic heterocycles. The maximum atomic E-state index is 11.9. The van der Waals surface area contributed by atoms with Crippen LogP contribution in [-0.2, 0) is 14.3 Å². The highest BCUT2D eigenvalue weighted by Crippen LogP contribution is 2.21. The number of thioether (sulfide) groups is 1. The van der Waals surface area contributed by atoms with Crippen LogP contribution in [0.25, 0.3) is 0 Å². The Labute approximate surface area is 135 Å². The Kier molecular flexibility index (Phi) is 6.90. The molecule has 0 aliphatic carbocycles. The molecule has 1 amide bonds. The molecule has 1 rings (SSSR count). The lowest BCUT2D eigenvalue weighted by molar-refractivity contribution is -0.148. The number of carboxylic acid groups (broad SMARTS) is 1. The molecule has 0 radical (unpaired) electrons. The summed E-state index contributed by atoms with van der Waals surface area (Å²) >= 11 is 1.37. The highest BCUT2D eigenvalue weighted by Gasteiger charge is 2.34. The van der Waals surface area contributed by atoms with Crippen LogP contribution in [-0.4, -0.2) is 42.0 Å². The van der Waals surface area contributed by atoms with Crippen molar-refractivity contribution in [1.29, 1.82) is 0 Å². The summed E-state index contributed by atoms with van der Waals surface area (Å²) in [6.45, 7) is 5.59. The lowest BCUT2D eigenvalue weighted by Crippen LogP contribution is -2.55. The van der Waals surface area contributed by atoms with Crippen LogP contribution < -0.4 is 5.32 Å². The molecule has 2 N–H and O–H groups in total. The molecule has 1 atom stereocenters. The second kappa shape index (κ2) is 8.19. The van der Waals surface area contributed by atoms with Gasteiger partial charge in [-0.05, 0) is 30.5 Å². The fraction of sp³-hybridized carbons (Fsp3) is 0.500. The van der Waals surface area contributed by atoms with E-state index in [1.807, 2.05) is 24.3 Å². The zero-order valence-corrected chi connectivity index (χ0v) is 14.2. The van der Waals surface area contributed by atoms with Gasteiger partial charge in [0.25, 0.3) is 0 Å². The molecule has 1 aromatic carbocycles. The minimum atomic E-state index is -1.41. The number of methoxy groups -OCH3 is 1. The van der Waals surface area contributed by atoms with Gasteiger partial charge in [0.05, 0.1) is 12.4 Å². The maximum absolute atomic E-state index is 11.9. The molecule has 122 valence electrons. The Bertz CT molecular complexity index is 515. The number of carboxylic acids is 1. The van der Waals surface area contributed by atoms with Gasteiger partial charge >= 0.3 is 5.97 Å². The van der Waals surface area contributed by atoms with E-state index in [0.29, 0.717) is 5.92 Å². The maximum Gasteiger partial charge on any atom is 0.331 e. The number of benzene rings is 1. The van der Waals surface area contributed by atoms with Crippen molar-refractivity contribution in [3.05, 3.63) is 29.8 Å². The minimum Gasteiger partial charge on any atom is -0.479 e. The molecule has 1 unspecified atom stereocenters. The minimum absolute atomic E-state index is 0.0815. The van der Waals surface area contributed by atoms with Crippen molar-refractivity contribution in [2.75, 3.05) is 19.5 Å². The van der Waals surface area contributed by atoms with E-state index >= 15 is 0 Å². The average Bonchev–Trinajstić information content (AvgIpc) is 2.45. The fourth-order valence-corrected chi connectivity index (χ4v) is 2.58. The molecule has 0 spiro atoms. The molecule has 5 nitrogen and oxygen atoms in total. The third kappa shape index (κ3) is 5.35. The molecule has 0 aliphatic rings. The number of carbonyl (C=O) groups is 2. The molecular weight excluding hydrogens is 302 g/mol. The quantitative estimate of drug-likeness (QED) is 0.718. The number of hydrogen-bond donors (Lipinski definition) is 2. The molecular formula is C16H23NO4S. The molecule has 0 saturated heterocycles. The van der Waals surface area contributed by atoms with Crippen molar-refractivity contribution >= 4 is 23.6 Å². The van der Waals surface area contributed by atoms with E-state index in [9.17, 15) is 14.7 Å². The van der Waals surface area contributed by atoms with Crippen molar-refractivity contribution in [3.8, 4) is 0 Å². The van der Waals surface area contributed by atoms with Gasteiger partial charge in [-0.3, -0.25) is 4.79 Å². The van der Waals surface area contributed by atoms with Gasteiger partial charge in [-0.2, -0.15) is 0 Å². The molecule has 0 aliphatic heterocycles. The fourth-order valence-electron chi connectivity index (χ4n) is 1.88. The van der Waals surface area contributed by atoms with E-state index in [1.165, 1.54) is 31.4 Å². The Hall–Kier alpha value is -1.53. The number of hydrogen-bond acceptors (Lipinski definition) is 4. The normalized spacial score (nSPS) is 13.7. The van der Waals surface area contributed by atoms with Gasteiger partial charge in [-0.1, -0.05) is 26.0 Å². The number of amides is 1. The topological polar surface area (TPSA) is 75.6 Å². The first kappa shape index (κ1) is 18.5. The van der Waals surface area contributed by atoms with Crippen LogP contribution in [0.4, 0.5) is 0 Å². The average molecular weight is 325 g/mol. The van der Waals surface area contributed by atoms with Crippen LogP contribution in [0.1, 0.15) is 32.3 Å². The number of rotatable bonds is 8. The number of nitrogens with one attached hydrogen (secondary N) is 1. The zero-order chi connectivity index (χ0) is 16.8. The predicted molar refractivity (Wildman–Crippen MR) is 87.3 cm³/mol. The number of aliphatic carboxylic acids is 1. The first-order valence-electron chi connectivity index (χ1n) is 7.04. The first-order chi connectivity index (χ1) is 10.3. The summed E-state index contributed by atoms with van der Waals surface area (Å²) in [4.78, 5) is 24.1. The molecule has 0 bridgehead atoms. The van der Waals surface area contributed by atoms with Crippen molar-refractivity contribution in [2.24, 2.45) is 0 Å². The lowest BCUT2D eigenvalue weighted by Gasteiger charge is -2.25. The second-order valence-corrected chi connectivity index (χ2v) is 6.68. The standard InChI is InChI=1S/C16H23NO4S/c1-11(2)12-5-7-13(8-6-12)22-9-14(18)17-16(3,10-21-4)15(19)20/h5-8,11H,9-10H2,1-4H3,(H,17,18)(H,19,20). The van der Waals surface area contributed by atoms with E-state index in [-0.39, 0.29) is 18.3 Å². The Morgan fingerprint density at radius 1 is 1.32 bits per heavy atom. The van der Waals surface area contributed by atoms with Gasteiger partial charge in [0, 0.05) is 12.0 Å². The Morgan fingerprint density at radius 2 is 1.91 bits per heavy atom. The Balaban J connectivity index is 2.56. The molecule has 6 heteroatoms. The van der Waals surface area contributed by atoms with Crippen LogP contribution >= 0.6 is 11.8 Å². The van der Waals surface area contributed by atoms with E-state index < -0.39 is 11.5 Å². The summed E-state index contributed by atoms with van der Waals surface area (Å²) in [5.74, 6) is -0.824. The zero-order valence-electron chi connectivity index (χ0n) is 13.4. The van der Waals surface area contributed by atoms with Crippen LogP contribution in [0.3, 0.4) is 0 Å². The van der Waals surface area contributed by atoms with Gasteiger partial charge in [-0.15, -0.1) is 11.8 Å². The SMILES string of the molecule is COCC(C)(NC(=O)CSc1ccc(C(C)C)cc1)C(=O)O. The van der Waals surface area contributed by atoms with Gasteiger partial charge in [0.1, 0.15) is 0 Å². The summed E-state index contributed by atoms with van der Waals surface area (Å²) < 4.78 is 4.87. The highest BCUT2D eigenvalue weighted by molar-refractivity contribution is 8.00. The molecule has 0 saturated carbocycles. The van der Waals surface area contributed by atoms with Crippen LogP contribution in [0.2, 0.25) is 0 Å². The summed E-state index contributed by atoms with van der Waals surface area (Å²) in [5, 5.41) is 11.7. The van der Waals surface area contributed by atoms with Gasteiger partial charge in [0.15, 0.2) is 5.54 Å². The van der Waals surface area contributed by atoms with Gasteiger partial charge < -0.3 is 15.2 Å². The van der Waals surface area contributed by atoms with Gasteiger partial charge in [0.2, 0.25) is 5.91 Å². The van der Waals surface area contributed by atoms with E-state index in [0.717, 1.165) is 4.90 Å². The summed E-state index contributed by atoms with van der Waals surface area (Å²) in [6, 6.07) is 8.02. The second-order valence-electron chi connectivity index (χ2n) is 5.63. The third-order valence-corrected chi connectivity index (χ3v) is 4.25. The summed E-state index contributed by atoms with van der Waals surface area (Å²) in [5.41, 5.74) is -0.166. The van der Waals surface area contributed by atoms with Crippen molar-refractivity contribution in [2.45, 2.75) is 37.1 Å². The van der Waals surface area contributed by atoms with E-state index in [1.54, 1.807) is 0 Å². The van der Waals surface area contributed by atoms with Crippen molar-refractivity contribution in [3.63, 3.8) is 0 Å². The number of ether oxygens (including phenoxy) is 1. The highest BCUT2D eigenvalue weighted by atomic mass is 32.2. The van der Waals surface area contributed by atoms with E-state index in [2.05, 4.69) is 19.2 Å².